The molecule has 4 rings (SSSR count). The van der Waals surface area contributed by atoms with E-state index in [-0.39, 0.29) is 6.10 Å². The molecule has 0 saturated heterocycles. The van der Waals surface area contributed by atoms with Crippen LogP contribution in [-0.4, -0.2) is 29.3 Å². The van der Waals surface area contributed by atoms with Gasteiger partial charge in [0.1, 0.15) is 18.2 Å². The van der Waals surface area contributed by atoms with Crippen molar-refractivity contribution in [3.05, 3.63) is 71.1 Å². The second-order valence-electron chi connectivity index (χ2n) is 6.59. The number of methoxy groups -OCH3 is 1. The lowest BCUT2D eigenvalue weighted by Gasteiger charge is -2.26. The van der Waals surface area contributed by atoms with Crippen LogP contribution in [0, 0.1) is 0 Å². The highest BCUT2D eigenvalue weighted by Crippen LogP contribution is 2.26. The highest BCUT2D eigenvalue weighted by molar-refractivity contribution is 6.30. The van der Waals surface area contributed by atoms with Crippen LogP contribution in [0.15, 0.2) is 54.7 Å². The minimum absolute atomic E-state index is 0.107. The first-order valence-corrected chi connectivity index (χ1v) is 9.36. The summed E-state index contributed by atoms with van der Waals surface area (Å²) in [6, 6.07) is 16.0. The maximum Gasteiger partial charge on any atom is 0.135 e. The van der Waals surface area contributed by atoms with Crippen molar-refractivity contribution < 1.29 is 9.47 Å². The zero-order valence-electron chi connectivity index (χ0n) is 15.2. The Morgan fingerprint density at radius 2 is 1.96 bits per heavy atom. The van der Waals surface area contributed by atoms with Gasteiger partial charge in [0.05, 0.1) is 31.6 Å². The summed E-state index contributed by atoms with van der Waals surface area (Å²) in [7, 11) is 1.68. The summed E-state index contributed by atoms with van der Waals surface area (Å²) in [5, 5.41) is 4.22. The van der Waals surface area contributed by atoms with E-state index in [0.717, 1.165) is 47.5 Å². The van der Waals surface area contributed by atoms with Gasteiger partial charge in [0.15, 0.2) is 0 Å². The Morgan fingerprint density at radius 3 is 2.70 bits per heavy atom. The SMILES string of the molecule is COc1ccc(CNC[C@H]2Cn3c(-c4ccc(Cl)cc4)cnc3CO2)cc1. The summed E-state index contributed by atoms with van der Waals surface area (Å²) >= 11 is 6.01. The van der Waals surface area contributed by atoms with Gasteiger partial charge in [-0.3, -0.25) is 0 Å². The number of hydrogen-bond donors (Lipinski definition) is 1. The van der Waals surface area contributed by atoms with Crippen LogP contribution in [0.3, 0.4) is 0 Å². The van der Waals surface area contributed by atoms with Crippen LogP contribution in [0.4, 0.5) is 0 Å². The molecule has 1 aromatic heterocycles. The Bertz CT molecular complexity index is 891. The zero-order chi connectivity index (χ0) is 18.6. The molecule has 0 amide bonds. The molecule has 2 heterocycles. The van der Waals surface area contributed by atoms with Gasteiger partial charge in [-0.25, -0.2) is 4.98 Å². The molecular weight excluding hydrogens is 362 g/mol. The molecule has 6 heteroatoms. The first-order valence-electron chi connectivity index (χ1n) is 8.98. The lowest BCUT2D eigenvalue weighted by atomic mass is 10.1. The fourth-order valence-corrected chi connectivity index (χ4v) is 3.40. The van der Waals surface area contributed by atoms with Gasteiger partial charge in [-0.1, -0.05) is 35.9 Å². The Hall–Kier alpha value is -2.34. The fourth-order valence-electron chi connectivity index (χ4n) is 3.28. The number of ether oxygens (including phenoxy) is 2. The molecule has 0 bridgehead atoms. The number of aromatic nitrogens is 2. The first kappa shape index (κ1) is 18.0. The summed E-state index contributed by atoms with van der Waals surface area (Å²) in [6.07, 6.45) is 2.02. The van der Waals surface area contributed by atoms with E-state index in [0.29, 0.717) is 6.61 Å². The van der Waals surface area contributed by atoms with Gasteiger partial charge in [-0.05, 0) is 35.4 Å². The maximum absolute atomic E-state index is 6.01. The van der Waals surface area contributed by atoms with Crippen molar-refractivity contribution in [2.45, 2.75) is 25.8 Å². The van der Waals surface area contributed by atoms with E-state index in [4.69, 9.17) is 21.1 Å². The monoisotopic (exact) mass is 383 g/mol. The Balaban J connectivity index is 1.37. The molecule has 0 spiro atoms. The summed E-state index contributed by atoms with van der Waals surface area (Å²) in [5.74, 6) is 1.84. The Morgan fingerprint density at radius 1 is 1.19 bits per heavy atom. The number of fused-ring (bicyclic) bond motifs is 1. The van der Waals surface area contributed by atoms with Gasteiger partial charge in [0, 0.05) is 18.1 Å². The van der Waals surface area contributed by atoms with Crippen molar-refractivity contribution in [3.8, 4) is 17.0 Å². The number of nitrogens with one attached hydrogen (secondary N) is 1. The molecule has 1 N–H and O–H groups in total. The molecule has 2 aromatic carbocycles. The molecule has 1 aliphatic rings. The van der Waals surface area contributed by atoms with Crippen LogP contribution < -0.4 is 10.1 Å². The second kappa shape index (κ2) is 8.13. The molecule has 5 nitrogen and oxygen atoms in total. The van der Waals surface area contributed by atoms with Gasteiger partial charge in [0.25, 0.3) is 0 Å². The van der Waals surface area contributed by atoms with Gasteiger partial charge in [0.2, 0.25) is 0 Å². The van der Waals surface area contributed by atoms with Crippen molar-refractivity contribution in [1.82, 2.24) is 14.9 Å². The van der Waals surface area contributed by atoms with E-state index in [1.807, 2.05) is 42.6 Å². The topological polar surface area (TPSA) is 48.3 Å². The summed E-state index contributed by atoms with van der Waals surface area (Å²) in [5.41, 5.74) is 3.44. The number of benzene rings is 2. The van der Waals surface area contributed by atoms with Crippen LogP contribution in [0.2, 0.25) is 5.02 Å². The quantitative estimate of drug-likeness (QED) is 0.701. The number of rotatable bonds is 6. The van der Waals surface area contributed by atoms with E-state index in [1.54, 1.807) is 7.11 Å². The number of nitrogens with zero attached hydrogens (tertiary/aromatic N) is 2. The molecule has 3 aromatic rings. The average molecular weight is 384 g/mol. The molecule has 0 radical (unpaired) electrons. The number of hydrogen-bond acceptors (Lipinski definition) is 4. The molecule has 0 saturated carbocycles. The molecule has 0 aliphatic carbocycles. The molecule has 140 valence electrons. The Kier molecular flexibility index (Phi) is 5.43. The summed E-state index contributed by atoms with van der Waals surface area (Å²) in [4.78, 5) is 4.51. The van der Waals surface area contributed by atoms with E-state index >= 15 is 0 Å². The first-order chi connectivity index (χ1) is 13.2. The van der Waals surface area contributed by atoms with E-state index in [2.05, 4.69) is 27.0 Å². The second-order valence-corrected chi connectivity index (χ2v) is 7.03. The van der Waals surface area contributed by atoms with Crippen LogP contribution in [0.5, 0.6) is 5.75 Å². The zero-order valence-corrected chi connectivity index (χ0v) is 15.9. The highest BCUT2D eigenvalue weighted by Gasteiger charge is 2.22. The molecule has 27 heavy (non-hydrogen) atoms. The predicted octanol–water partition coefficient (Wildman–Crippen LogP) is 3.90. The van der Waals surface area contributed by atoms with Crippen LogP contribution >= 0.6 is 11.6 Å². The predicted molar refractivity (Wildman–Crippen MR) is 106 cm³/mol. The van der Waals surface area contributed by atoms with Crippen molar-refractivity contribution in [2.75, 3.05) is 13.7 Å². The normalized spacial score (nSPS) is 16.1. The third kappa shape index (κ3) is 4.16. The Labute approximate surface area is 163 Å². The largest absolute Gasteiger partial charge is 0.497 e. The third-order valence-electron chi connectivity index (χ3n) is 4.77. The lowest BCUT2D eigenvalue weighted by molar-refractivity contribution is 0.00326. The fraction of sp³-hybridized carbons (Fsp3) is 0.286. The van der Waals surface area contributed by atoms with Crippen LogP contribution in [0.1, 0.15) is 11.4 Å². The standard InChI is InChI=1S/C21H22ClN3O2/c1-26-18-8-2-15(3-9-18)10-23-11-19-13-25-20(12-24-21(25)14-27-19)16-4-6-17(22)7-5-16/h2-9,12,19,23H,10-11,13-14H2,1H3/t19-/m0/s1. The molecule has 0 unspecified atom stereocenters. The van der Waals surface area contributed by atoms with Crippen LogP contribution in [-0.2, 0) is 24.4 Å². The van der Waals surface area contributed by atoms with E-state index < -0.39 is 0 Å². The van der Waals surface area contributed by atoms with E-state index in [9.17, 15) is 0 Å². The van der Waals surface area contributed by atoms with Gasteiger partial charge in [-0.2, -0.15) is 0 Å². The van der Waals surface area contributed by atoms with E-state index in [1.165, 1.54) is 5.56 Å². The molecule has 1 aliphatic heterocycles. The van der Waals surface area contributed by atoms with Gasteiger partial charge >= 0.3 is 0 Å². The summed E-state index contributed by atoms with van der Waals surface area (Å²) < 4.78 is 13.4. The smallest absolute Gasteiger partial charge is 0.135 e. The highest BCUT2D eigenvalue weighted by atomic mass is 35.5. The molecule has 1 atom stereocenters. The minimum Gasteiger partial charge on any atom is -0.497 e. The molecule has 0 fully saturated rings. The van der Waals surface area contributed by atoms with Crippen molar-refractivity contribution in [2.24, 2.45) is 0 Å². The van der Waals surface area contributed by atoms with Crippen molar-refractivity contribution in [1.29, 1.82) is 0 Å². The van der Waals surface area contributed by atoms with Crippen molar-refractivity contribution in [3.63, 3.8) is 0 Å². The third-order valence-corrected chi connectivity index (χ3v) is 5.02. The van der Waals surface area contributed by atoms with Gasteiger partial charge < -0.3 is 19.4 Å². The number of halogens is 1. The van der Waals surface area contributed by atoms with Gasteiger partial charge in [-0.15, -0.1) is 0 Å². The average Bonchev–Trinajstić information content (AvgIpc) is 3.12. The number of imidazole rings is 1. The van der Waals surface area contributed by atoms with Crippen LogP contribution in [0.25, 0.3) is 11.3 Å². The summed E-state index contributed by atoms with van der Waals surface area (Å²) in [6.45, 7) is 2.89. The van der Waals surface area contributed by atoms with Crippen molar-refractivity contribution >= 4 is 11.6 Å². The molecular formula is C21H22ClN3O2. The lowest BCUT2D eigenvalue weighted by Crippen LogP contribution is -2.36. The maximum atomic E-state index is 6.01. The minimum atomic E-state index is 0.107.